The molecule has 0 aromatic carbocycles. The van der Waals surface area contributed by atoms with E-state index >= 15 is 0 Å². The van der Waals surface area contributed by atoms with Gasteiger partial charge in [0.05, 0.1) is 0 Å². The lowest BCUT2D eigenvalue weighted by Gasteiger charge is -2.63. The van der Waals surface area contributed by atoms with E-state index < -0.39 is 30.3 Å². The fourth-order valence-electron chi connectivity index (χ4n) is 8.80. The summed E-state index contributed by atoms with van der Waals surface area (Å²) < 4.78 is 17.4. The van der Waals surface area contributed by atoms with E-state index in [9.17, 15) is 19.2 Å². The van der Waals surface area contributed by atoms with Gasteiger partial charge in [0.25, 0.3) is 0 Å². The summed E-state index contributed by atoms with van der Waals surface area (Å²) in [6.45, 7) is 10.9. The molecule has 4 fully saturated rings. The Kier molecular flexibility index (Phi) is 6.62. The van der Waals surface area contributed by atoms with Crippen molar-refractivity contribution < 1.29 is 33.4 Å². The molecule has 4 aliphatic rings. The molecule has 34 heavy (non-hydrogen) atoms. The molecule has 0 spiro atoms. The smallest absolute Gasteiger partial charge is 0.303 e. The molecule has 7 unspecified atom stereocenters. The van der Waals surface area contributed by atoms with Gasteiger partial charge in [-0.15, -0.1) is 0 Å². The van der Waals surface area contributed by atoms with Crippen molar-refractivity contribution in [2.75, 3.05) is 0 Å². The molecule has 190 valence electrons. The van der Waals surface area contributed by atoms with E-state index in [0.29, 0.717) is 18.3 Å². The number of ketones is 1. The molecule has 0 aromatic heterocycles. The minimum Gasteiger partial charge on any atom is -0.458 e. The van der Waals surface area contributed by atoms with Crippen LogP contribution in [0.4, 0.5) is 0 Å². The Morgan fingerprint density at radius 2 is 1.41 bits per heavy atom. The second-order valence-corrected chi connectivity index (χ2v) is 11.8. The van der Waals surface area contributed by atoms with Crippen molar-refractivity contribution in [3.63, 3.8) is 0 Å². The lowest BCUT2D eigenvalue weighted by atomic mass is 9.43. The van der Waals surface area contributed by atoms with Gasteiger partial charge in [-0.1, -0.05) is 27.2 Å². The quantitative estimate of drug-likeness (QED) is 0.442. The summed E-state index contributed by atoms with van der Waals surface area (Å²) in [6.07, 6.45) is 3.94. The van der Waals surface area contributed by atoms with Crippen LogP contribution in [0.5, 0.6) is 0 Å². The van der Waals surface area contributed by atoms with Crippen LogP contribution in [0.25, 0.3) is 0 Å². The first-order valence-electron chi connectivity index (χ1n) is 13.0. The third-order valence-electron chi connectivity index (χ3n) is 10.1. The maximum Gasteiger partial charge on any atom is 0.303 e. The van der Waals surface area contributed by atoms with Crippen LogP contribution in [-0.2, 0) is 33.4 Å². The number of rotatable bonds is 4. The van der Waals surface area contributed by atoms with Gasteiger partial charge in [0.1, 0.15) is 12.2 Å². The molecule has 0 amide bonds. The van der Waals surface area contributed by atoms with Crippen LogP contribution < -0.4 is 0 Å². The topological polar surface area (TPSA) is 96.0 Å². The van der Waals surface area contributed by atoms with Crippen molar-refractivity contribution in [2.24, 2.45) is 40.4 Å². The van der Waals surface area contributed by atoms with Gasteiger partial charge in [-0.25, -0.2) is 0 Å². The van der Waals surface area contributed by atoms with Crippen molar-refractivity contribution in [1.82, 2.24) is 0 Å². The second-order valence-electron chi connectivity index (χ2n) is 11.8. The van der Waals surface area contributed by atoms with Crippen LogP contribution in [-0.4, -0.2) is 42.0 Å². The molecule has 7 nitrogen and oxygen atoms in total. The van der Waals surface area contributed by atoms with E-state index in [0.717, 1.165) is 32.1 Å². The lowest BCUT2D eigenvalue weighted by Crippen LogP contribution is -2.66. The van der Waals surface area contributed by atoms with E-state index in [2.05, 4.69) is 20.8 Å². The van der Waals surface area contributed by atoms with Gasteiger partial charge in [-0.2, -0.15) is 0 Å². The number of fused-ring (bicyclic) bond motifs is 5. The zero-order valence-electron chi connectivity index (χ0n) is 21.4. The summed E-state index contributed by atoms with van der Waals surface area (Å²) in [4.78, 5) is 49.3. The van der Waals surface area contributed by atoms with E-state index in [-0.39, 0.29) is 46.8 Å². The Bertz CT molecular complexity index is 867. The second kappa shape index (κ2) is 8.94. The van der Waals surface area contributed by atoms with Crippen LogP contribution in [0.2, 0.25) is 0 Å². The van der Waals surface area contributed by atoms with Crippen LogP contribution >= 0.6 is 0 Å². The van der Waals surface area contributed by atoms with Crippen molar-refractivity contribution in [3.05, 3.63) is 0 Å². The summed E-state index contributed by atoms with van der Waals surface area (Å²) in [7, 11) is 0. The molecule has 0 aliphatic heterocycles. The molecule has 4 rings (SSSR count). The van der Waals surface area contributed by atoms with Crippen molar-refractivity contribution in [3.8, 4) is 0 Å². The first-order valence-corrected chi connectivity index (χ1v) is 13.0. The Balaban J connectivity index is 1.81. The van der Waals surface area contributed by atoms with Crippen LogP contribution in [0.15, 0.2) is 0 Å². The van der Waals surface area contributed by atoms with Gasteiger partial charge in [0.2, 0.25) is 0 Å². The zero-order valence-corrected chi connectivity index (χ0v) is 21.4. The highest BCUT2D eigenvalue weighted by Crippen LogP contribution is 2.68. The number of carbonyl (C=O) groups is 4. The standard InChI is InChI=1S/C27H40O7/c1-7-17-8-9-18-23-19(10-11-26(17,18)5)27(6)13-22(32-14(2)28)21(31)12-20(27)24(33-15(3)29)25(23)34-16(4)30/h17-20,22-25H,7-13H2,1-6H3/t17-,18?,19?,20?,22?,23?,24?,25?,26+,27+/m0/s1. The monoisotopic (exact) mass is 476 g/mol. The highest BCUT2D eigenvalue weighted by Gasteiger charge is 2.68. The number of carbonyl (C=O) groups excluding carboxylic acids is 4. The zero-order chi connectivity index (χ0) is 25.0. The van der Waals surface area contributed by atoms with Gasteiger partial charge in [0, 0.05) is 39.0 Å². The van der Waals surface area contributed by atoms with Crippen molar-refractivity contribution in [1.29, 1.82) is 0 Å². The van der Waals surface area contributed by atoms with E-state index in [1.807, 2.05) is 0 Å². The predicted octanol–water partition coefficient (Wildman–Crippen LogP) is 4.25. The van der Waals surface area contributed by atoms with E-state index in [1.165, 1.54) is 20.8 Å². The number of ether oxygens (including phenoxy) is 3. The summed E-state index contributed by atoms with van der Waals surface area (Å²) >= 11 is 0. The average molecular weight is 477 g/mol. The first-order chi connectivity index (χ1) is 15.9. The van der Waals surface area contributed by atoms with E-state index in [1.54, 1.807) is 0 Å². The Morgan fingerprint density at radius 3 is 2.00 bits per heavy atom. The summed E-state index contributed by atoms with van der Waals surface area (Å²) in [6, 6.07) is 0. The molecule has 0 heterocycles. The highest BCUT2D eigenvalue weighted by atomic mass is 16.6. The van der Waals surface area contributed by atoms with Crippen LogP contribution in [0, 0.1) is 40.4 Å². The third kappa shape index (κ3) is 3.97. The Morgan fingerprint density at radius 1 is 0.824 bits per heavy atom. The Hall–Kier alpha value is -1.92. The molecular weight excluding hydrogens is 436 g/mol. The first kappa shape index (κ1) is 25.2. The van der Waals surface area contributed by atoms with Crippen LogP contribution in [0.3, 0.4) is 0 Å². The molecule has 0 saturated heterocycles. The average Bonchev–Trinajstić information content (AvgIpc) is 3.07. The van der Waals surface area contributed by atoms with Gasteiger partial charge in [0.15, 0.2) is 11.9 Å². The minimum absolute atomic E-state index is 0.0379. The molecule has 0 aromatic rings. The third-order valence-corrected chi connectivity index (χ3v) is 10.1. The number of Topliss-reactive ketones (excluding diaryl/α,β-unsaturated/α-hetero) is 1. The SMILES string of the molecule is CC[C@H]1CCC2C3C(OC(C)=O)C(OC(C)=O)C4CC(=O)C(OC(C)=O)C[C@]4(C)C3CC[C@@]21C. The largest absolute Gasteiger partial charge is 0.458 e. The molecule has 10 atom stereocenters. The highest BCUT2D eigenvalue weighted by molar-refractivity contribution is 5.86. The molecule has 0 N–H and O–H groups in total. The predicted molar refractivity (Wildman–Crippen MR) is 123 cm³/mol. The maximum atomic E-state index is 13.0. The summed E-state index contributed by atoms with van der Waals surface area (Å²) in [5.41, 5.74) is -0.223. The maximum absolute atomic E-state index is 13.0. The summed E-state index contributed by atoms with van der Waals surface area (Å²) in [5, 5.41) is 0. The molecule has 4 saturated carbocycles. The van der Waals surface area contributed by atoms with Gasteiger partial charge >= 0.3 is 17.9 Å². The molecular formula is C27H40O7. The summed E-state index contributed by atoms with van der Waals surface area (Å²) in [5.74, 6) is -0.520. The molecule has 7 heteroatoms. The van der Waals surface area contributed by atoms with Crippen molar-refractivity contribution in [2.45, 2.75) is 105 Å². The van der Waals surface area contributed by atoms with Gasteiger partial charge in [-0.05, 0) is 60.7 Å². The molecule has 0 radical (unpaired) electrons. The number of hydrogen-bond acceptors (Lipinski definition) is 7. The van der Waals surface area contributed by atoms with Crippen LogP contribution in [0.1, 0.15) is 86.5 Å². The fourth-order valence-corrected chi connectivity index (χ4v) is 8.80. The van der Waals surface area contributed by atoms with Gasteiger partial charge < -0.3 is 14.2 Å². The minimum atomic E-state index is -0.775. The van der Waals surface area contributed by atoms with Gasteiger partial charge in [-0.3, -0.25) is 19.2 Å². The number of esters is 3. The molecule has 4 aliphatic carbocycles. The fraction of sp³-hybridized carbons (Fsp3) is 0.852. The normalized spacial score (nSPS) is 45.4. The van der Waals surface area contributed by atoms with E-state index in [4.69, 9.17) is 14.2 Å². The lowest BCUT2D eigenvalue weighted by molar-refractivity contribution is -0.239. The Labute approximate surface area is 202 Å². The van der Waals surface area contributed by atoms with Crippen molar-refractivity contribution >= 4 is 23.7 Å². The number of hydrogen-bond donors (Lipinski definition) is 0. The molecule has 0 bridgehead atoms.